The summed E-state index contributed by atoms with van der Waals surface area (Å²) in [6, 6.07) is 7.43. The summed E-state index contributed by atoms with van der Waals surface area (Å²) in [5.41, 5.74) is 0.774. The molecule has 1 atom stereocenters. The normalized spacial score (nSPS) is 13.1. The van der Waals surface area contributed by atoms with Gasteiger partial charge < -0.3 is 9.88 Å². The van der Waals surface area contributed by atoms with Crippen LogP contribution in [0.1, 0.15) is 20.8 Å². The number of anilines is 1. The van der Waals surface area contributed by atoms with Crippen LogP contribution in [-0.4, -0.2) is 29.4 Å². The average molecular weight is 338 g/mol. The van der Waals surface area contributed by atoms with Gasteiger partial charge in [-0.25, -0.2) is 12.8 Å². The summed E-state index contributed by atoms with van der Waals surface area (Å²) in [5.74, 6) is -1.09. The number of rotatable bonds is 5. The van der Waals surface area contributed by atoms with Crippen molar-refractivity contribution in [1.82, 2.24) is 4.57 Å². The van der Waals surface area contributed by atoms with E-state index in [1.54, 1.807) is 29.1 Å². The molecule has 0 saturated carbocycles. The standard InChI is InChI=1S/C16H19FN2O3S/c1-11(2)23(21,22)12(3)16(20)18-14-7-6-13(17)10-15(14)19-8-4-5-9-19/h4-12H,1-3H3,(H,18,20)/t12-/m1/s1. The summed E-state index contributed by atoms with van der Waals surface area (Å²) in [6.45, 7) is 4.41. The lowest BCUT2D eigenvalue weighted by atomic mass is 10.2. The molecule has 23 heavy (non-hydrogen) atoms. The summed E-state index contributed by atoms with van der Waals surface area (Å²) < 4.78 is 39.4. The Kier molecular flexibility index (Phi) is 4.89. The number of amides is 1. The number of halogens is 1. The molecule has 1 N–H and O–H groups in total. The fourth-order valence-electron chi connectivity index (χ4n) is 2.11. The van der Waals surface area contributed by atoms with Crippen LogP contribution in [0.25, 0.3) is 5.69 Å². The van der Waals surface area contributed by atoms with Crippen molar-refractivity contribution < 1.29 is 17.6 Å². The lowest BCUT2D eigenvalue weighted by Crippen LogP contribution is -2.36. The van der Waals surface area contributed by atoms with Crippen LogP contribution >= 0.6 is 0 Å². The summed E-state index contributed by atoms with van der Waals surface area (Å²) in [7, 11) is -3.56. The first-order valence-electron chi connectivity index (χ1n) is 7.20. The first-order valence-corrected chi connectivity index (χ1v) is 8.81. The summed E-state index contributed by atoms with van der Waals surface area (Å²) in [6.07, 6.45) is 3.41. The second-order valence-corrected chi connectivity index (χ2v) is 8.35. The Balaban J connectivity index is 2.32. The minimum absolute atomic E-state index is 0.346. The van der Waals surface area contributed by atoms with Gasteiger partial charge in [-0.1, -0.05) is 0 Å². The van der Waals surface area contributed by atoms with Gasteiger partial charge in [0.15, 0.2) is 9.84 Å². The van der Waals surface area contributed by atoms with Gasteiger partial charge in [-0.2, -0.15) is 0 Å². The van der Waals surface area contributed by atoms with Crippen molar-refractivity contribution in [3.8, 4) is 5.69 Å². The molecule has 2 rings (SSSR count). The van der Waals surface area contributed by atoms with E-state index >= 15 is 0 Å². The van der Waals surface area contributed by atoms with Gasteiger partial charge in [0.05, 0.1) is 16.6 Å². The number of hydrogen-bond donors (Lipinski definition) is 1. The highest BCUT2D eigenvalue weighted by atomic mass is 32.2. The number of sulfone groups is 1. The van der Waals surface area contributed by atoms with E-state index in [0.29, 0.717) is 11.4 Å². The van der Waals surface area contributed by atoms with Crippen LogP contribution < -0.4 is 5.32 Å². The number of nitrogens with zero attached hydrogens (tertiary/aromatic N) is 1. The van der Waals surface area contributed by atoms with Gasteiger partial charge in [-0.3, -0.25) is 4.79 Å². The SMILES string of the molecule is CC(C)S(=O)(=O)[C@H](C)C(=O)Nc1ccc(F)cc1-n1cccc1. The number of carbonyl (C=O) groups excluding carboxylic acids is 1. The van der Waals surface area contributed by atoms with E-state index in [1.807, 2.05) is 0 Å². The van der Waals surface area contributed by atoms with Gasteiger partial charge in [0.1, 0.15) is 11.1 Å². The molecule has 124 valence electrons. The van der Waals surface area contributed by atoms with Crippen LogP contribution in [-0.2, 0) is 14.6 Å². The van der Waals surface area contributed by atoms with Crippen LogP contribution in [0.3, 0.4) is 0 Å². The van der Waals surface area contributed by atoms with E-state index in [1.165, 1.54) is 39.0 Å². The molecule has 0 aliphatic heterocycles. The van der Waals surface area contributed by atoms with Crippen LogP contribution in [0.2, 0.25) is 0 Å². The van der Waals surface area contributed by atoms with E-state index in [0.717, 1.165) is 0 Å². The fraction of sp³-hybridized carbons (Fsp3) is 0.312. The quantitative estimate of drug-likeness (QED) is 0.911. The van der Waals surface area contributed by atoms with Crippen molar-refractivity contribution in [1.29, 1.82) is 0 Å². The average Bonchev–Trinajstić information content (AvgIpc) is 3.02. The van der Waals surface area contributed by atoms with Gasteiger partial charge in [0, 0.05) is 12.4 Å². The molecule has 0 spiro atoms. The summed E-state index contributed by atoms with van der Waals surface area (Å²) in [4.78, 5) is 12.3. The van der Waals surface area contributed by atoms with Gasteiger partial charge in [-0.15, -0.1) is 0 Å². The Morgan fingerprint density at radius 3 is 2.35 bits per heavy atom. The Bertz CT molecular complexity index is 799. The molecule has 0 aliphatic carbocycles. The Labute approximate surface area is 135 Å². The first-order chi connectivity index (χ1) is 10.7. The zero-order valence-corrected chi connectivity index (χ0v) is 14.0. The molecule has 0 bridgehead atoms. The monoisotopic (exact) mass is 338 g/mol. The zero-order chi connectivity index (χ0) is 17.2. The largest absolute Gasteiger partial charge is 0.323 e. The predicted octanol–water partition coefficient (Wildman–Crippen LogP) is 2.77. The van der Waals surface area contributed by atoms with Crippen molar-refractivity contribution in [2.45, 2.75) is 31.3 Å². The van der Waals surface area contributed by atoms with Gasteiger partial charge in [0.25, 0.3) is 0 Å². The smallest absolute Gasteiger partial charge is 0.242 e. The lowest BCUT2D eigenvalue weighted by Gasteiger charge is -2.17. The molecule has 2 aromatic rings. The van der Waals surface area contributed by atoms with Crippen LogP contribution in [0, 0.1) is 5.82 Å². The molecule has 1 aromatic heterocycles. The second kappa shape index (κ2) is 6.54. The highest BCUT2D eigenvalue weighted by molar-refractivity contribution is 7.93. The summed E-state index contributed by atoms with van der Waals surface area (Å²) in [5, 5.41) is 0.739. The van der Waals surface area contributed by atoms with E-state index in [4.69, 9.17) is 0 Å². The van der Waals surface area contributed by atoms with Crippen LogP contribution in [0.15, 0.2) is 42.7 Å². The molecule has 0 saturated heterocycles. The minimum atomic E-state index is -3.56. The molecular weight excluding hydrogens is 319 g/mol. The van der Waals surface area contributed by atoms with Crippen molar-refractivity contribution in [3.05, 3.63) is 48.5 Å². The number of benzene rings is 1. The topological polar surface area (TPSA) is 68.2 Å². The number of nitrogens with one attached hydrogen (secondary N) is 1. The molecule has 0 radical (unpaired) electrons. The molecule has 1 heterocycles. The Morgan fingerprint density at radius 2 is 1.78 bits per heavy atom. The number of aromatic nitrogens is 1. The molecule has 7 heteroatoms. The molecule has 1 amide bonds. The summed E-state index contributed by atoms with van der Waals surface area (Å²) >= 11 is 0. The van der Waals surface area contributed by atoms with Gasteiger partial charge >= 0.3 is 0 Å². The first kappa shape index (κ1) is 17.2. The van der Waals surface area contributed by atoms with Crippen molar-refractivity contribution in [2.24, 2.45) is 0 Å². The third kappa shape index (κ3) is 3.61. The van der Waals surface area contributed by atoms with Crippen molar-refractivity contribution >= 4 is 21.4 Å². The van der Waals surface area contributed by atoms with Gasteiger partial charge in [-0.05, 0) is 51.1 Å². The van der Waals surface area contributed by atoms with Crippen LogP contribution in [0.4, 0.5) is 10.1 Å². The van der Waals surface area contributed by atoms with E-state index < -0.39 is 32.1 Å². The number of hydrogen-bond acceptors (Lipinski definition) is 3. The fourth-order valence-corrected chi connectivity index (χ4v) is 3.28. The van der Waals surface area contributed by atoms with E-state index in [-0.39, 0.29) is 0 Å². The predicted molar refractivity (Wildman–Crippen MR) is 87.9 cm³/mol. The van der Waals surface area contributed by atoms with Gasteiger partial charge in [0.2, 0.25) is 5.91 Å². The maximum atomic E-state index is 13.5. The van der Waals surface area contributed by atoms with E-state index in [2.05, 4.69) is 5.32 Å². The molecule has 0 fully saturated rings. The molecule has 0 unspecified atom stereocenters. The molecule has 0 aliphatic rings. The van der Waals surface area contributed by atoms with Crippen LogP contribution in [0.5, 0.6) is 0 Å². The van der Waals surface area contributed by atoms with E-state index in [9.17, 15) is 17.6 Å². The van der Waals surface area contributed by atoms with Crippen molar-refractivity contribution in [3.63, 3.8) is 0 Å². The highest BCUT2D eigenvalue weighted by Crippen LogP contribution is 2.23. The Hall–Kier alpha value is -2.15. The maximum Gasteiger partial charge on any atom is 0.242 e. The second-order valence-electron chi connectivity index (χ2n) is 5.52. The minimum Gasteiger partial charge on any atom is -0.323 e. The molecule has 1 aromatic carbocycles. The lowest BCUT2D eigenvalue weighted by molar-refractivity contribution is -0.115. The molecule has 5 nitrogen and oxygen atoms in total. The maximum absolute atomic E-state index is 13.5. The zero-order valence-electron chi connectivity index (χ0n) is 13.2. The number of carbonyl (C=O) groups is 1. The Morgan fingerprint density at radius 1 is 1.17 bits per heavy atom. The third-order valence-electron chi connectivity index (χ3n) is 3.62. The molecular formula is C16H19FN2O3S. The highest BCUT2D eigenvalue weighted by Gasteiger charge is 2.31. The third-order valence-corrected chi connectivity index (χ3v) is 6.13. The van der Waals surface area contributed by atoms with Crippen molar-refractivity contribution in [2.75, 3.05) is 5.32 Å².